The van der Waals surface area contributed by atoms with Crippen LogP contribution in [0.25, 0.3) is 0 Å². The van der Waals surface area contributed by atoms with Gasteiger partial charge in [-0.2, -0.15) is 0 Å². The normalized spacial score (nSPS) is 16.6. The van der Waals surface area contributed by atoms with Gasteiger partial charge >= 0.3 is 0 Å². The van der Waals surface area contributed by atoms with Gasteiger partial charge in [0.15, 0.2) is 0 Å². The van der Waals surface area contributed by atoms with E-state index in [1.807, 2.05) is 37.2 Å². The molecule has 3 rings (SSSR count). The van der Waals surface area contributed by atoms with E-state index in [9.17, 15) is 9.59 Å². The van der Waals surface area contributed by atoms with Gasteiger partial charge in [0.05, 0.1) is 0 Å². The maximum Gasteiger partial charge on any atom is 0.272 e. The zero-order valence-corrected chi connectivity index (χ0v) is 14.5. The van der Waals surface area contributed by atoms with Crippen molar-refractivity contribution in [1.29, 1.82) is 0 Å². The molecule has 0 aliphatic carbocycles. The standard InChI is InChI=1S/C19H22N4O2/c1-22(2)16-7-5-6-14(12-16)18(24)21-15-9-11-23(13-15)19(25)17-8-3-4-10-20-17/h3-8,10,12,15H,9,11,13H2,1-2H3,(H,21,24)/t15-/m1/s1. The average Bonchev–Trinajstić information content (AvgIpc) is 3.10. The van der Waals surface area contributed by atoms with Crippen LogP contribution >= 0.6 is 0 Å². The second kappa shape index (κ2) is 7.34. The fourth-order valence-electron chi connectivity index (χ4n) is 2.91. The number of benzene rings is 1. The molecule has 0 bridgehead atoms. The Kier molecular flexibility index (Phi) is 4.97. The molecule has 1 aliphatic heterocycles. The summed E-state index contributed by atoms with van der Waals surface area (Å²) in [7, 11) is 3.88. The van der Waals surface area contributed by atoms with Gasteiger partial charge in [-0.3, -0.25) is 14.6 Å². The minimum Gasteiger partial charge on any atom is -0.378 e. The zero-order chi connectivity index (χ0) is 17.8. The Morgan fingerprint density at radius 3 is 2.76 bits per heavy atom. The summed E-state index contributed by atoms with van der Waals surface area (Å²) in [5, 5.41) is 3.03. The van der Waals surface area contributed by atoms with Gasteiger partial charge in [-0.15, -0.1) is 0 Å². The molecule has 0 spiro atoms. The molecule has 1 saturated heterocycles. The molecule has 6 heteroatoms. The lowest BCUT2D eigenvalue weighted by Crippen LogP contribution is -2.38. The Morgan fingerprint density at radius 2 is 2.04 bits per heavy atom. The maximum atomic E-state index is 12.5. The minimum atomic E-state index is -0.110. The number of aromatic nitrogens is 1. The molecule has 1 aromatic carbocycles. The molecule has 130 valence electrons. The largest absolute Gasteiger partial charge is 0.378 e. The summed E-state index contributed by atoms with van der Waals surface area (Å²) in [4.78, 5) is 32.7. The van der Waals surface area contributed by atoms with Crippen molar-refractivity contribution in [3.05, 3.63) is 59.9 Å². The summed E-state index contributed by atoms with van der Waals surface area (Å²) in [6.07, 6.45) is 2.36. The summed E-state index contributed by atoms with van der Waals surface area (Å²) in [5.74, 6) is -0.201. The number of nitrogens with one attached hydrogen (secondary N) is 1. The molecule has 0 saturated carbocycles. The number of carbonyl (C=O) groups is 2. The second-order valence-electron chi connectivity index (χ2n) is 6.37. The smallest absolute Gasteiger partial charge is 0.272 e. The van der Waals surface area contributed by atoms with Crippen LogP contribution in [-0.4, -0.2) is 54.9 Å². The van der Waals surface area contributed by atoms with Crippen molar-refractivity contribution >= 4 is 17.5 Å². The Bertz CT molecular complexity index is 761. The predicted molar refractivity (Wildman–Crippen MR) is 96.8 cm³/mol. The average molecular weight is 338 g/mol. The fraction of sp³-hybridized carbons (Fsp3) is 0.316. The van der Waals surface area contributed by atoms with E-state index in [4.69, 9.17) is 0 Å². The number of anilines is 1. The van der Waals surface area contributed by atoms with Gasteiger partial charge in [0.25, 0.3) is 11.8 Å². The van der Waals surface area contributed by atoms with Crippen LogP contribution in [0.5, 0.6) is 0 Å². The van der Waals surface area contributed by atoms with E-state index >= 15 is 0 Å². The van der Waals surface area contributed by atoms with E-state index < -0.39 is 0 Å². The molecular weight excluding hydrogens is 316 g/mol. The number of nitrogens with zero attached hydrogens (tertiary/aromatic N) is 3. The van der Waals surface area contributed by atoms with Gasteiger partial charge < -0.3 is 15.1 Å². The number of pyridine rings is 1. The maximum absolute atomic E-state index is 12.5. The molecule has 1 aromatic heterocycles. The third kappa shape index (κ3) is 3.96. The van der Waals surface area contributed by atoms with E-state index in [-0.39, 0.29) is 17.9 Å². The lowest BCUT2D eigenvalue weighted by atomic mass is 10.1. The van der Waals surface area contributed by atoms with Crippen LogP contribution in [0, 0.1) is 0 Å². The highest BCUT2D eigenvalue weighted by atomic mass is 16.2. The van der Waals surface area contributed by atoms with E-state index in [2.05, 4.69) is 10.3 Å². The zero-order valence-electron chi connectivity index (χ0n) is 14.5. The summed E-state index contributed by atoms with van der Waals surface area (Å²) >= 11 is 0. The minimum absolute atomic E-state index is 0.0387. The summed E-state index contributed by atoms with van der Waals surface area (Å²) < 4.78 is 0. The summed E-state index contributed by atoms with van der Waals surface area (Å²) in [6.45, 7) is 1.13. The molecule has 0 unspecified atom stereocenters. The van der Waals surface area contributed by atoms with Crippen molar-refractivity contribution in [3.63, 3.8) is 0 Å². The van der Waals surface area contributed by atoms with Gasteiger partial charge in [-0.25, -0.2) is 0 Å². The molecular formula is C19H22N4O2. The fourth-order valence-corrected chi connectivity index (χ4v) is 2.91. The van der Waals surface area contributed by atoms with Crippen LogP contribution in [0.3, 0.4) is 0 Å². The Morgan fingerprint density at radius 1 is 1.20 bits per heavy atom. The molecule has 2 amide bonds. The highest BCUT2D eigenvalue weighted by Crippen LogP contribution is 2.16. The quantitative estimate of drug-likeness (QED) is 0.923. The monoisotopic (exact) mass is 338 g/mol. The van der Waals surface area contributed by atoms with Crippen LogP contribution in [0.1, 0.15) is 27.3 Å². The third-order valence-electron chi connectivity index (χ3n) is 4.32. The van der Waals surface area contributed by atoms with Crippen LogP contribution < -0.4 is 10.2 Å². The number of rotatable bonds is 4. The summed E-state index contributed by atoms with van der Waals surface area (Å²) in [6, 6.07) is 12.7. The SMILES string of the molecule is CN(C)c1cccc(C(=O)N[C@@H]2CCN(C(=O)c3ccccn3)C2)c1. The van der Waals surface area contributed by atoms with Gasteiger partial charge in [-0.1, -0.05) is 12.1 Å². The lowest BCUT2D eigenvalue weighted by Gasteiger charge is -2.17. The van der Waals surface area contributed by atoms with Gasteiger partial charge in [0, 0.05) is 50.7 Å². The van der Waals surface area contributed by atoms with E-state index in [1.54, 1.807) is 35.4 Å². The molecule has 1 atom stereocenters. The number of hydrogen-bond donors (Lipinski definition) is 1. The highest BCUT2D eigenvalue weighted by Gasteiger charge is 2.28. The predicted octanol–water partition coefficient (Wildman–Crippen LogP) is 1.79. The third-order valence-corrected chi connectivity index (χ3v) is 4.32. The molecule has 2 heterocycles. The van der Waals surface area contributed by atoms with Crippen molar-refractivity contribution < 1.29 is 9.59 Å². The van der Waals surface area contributed by atoms with Crippen LogP contribution in [0.15, 0.2) is 48.7 Å². The summed E-state index contributed by atoms with van der Waals surface area (Å²) in [5.41, 5.74) is 2.04. The first-order valence-corrected chi connectivity index (χ1v) is 8.33. The first-order valence-electron chi connectivity index (χ1n) is 8.33. The van der Waals surface area contributed by atoms with E-state index in [0.29, 0.717) is 24.3 Å². The lowest BCUT2D eigenvalue weighted by molar-refractivity contribution is 0.0777. The van der Waals surface area contributed by atoms with Crippen molar-refractivity contribution in [2.24, 2.45) is 0 Å². The van der Waals surface area contributed by atoms with Crippen molar-refractivity contribution in [2.45, 2.75) is 12.5 Å². The Labute approximate surface area is 147 Å². The molecule has 1 aliphatic rings. The van der Waals surface area contributed by atoms with Crippen LogP contribution in [0.2, 0.25) is 0 Å². The van der Waals surface area contributed by atoms with Crippen molar-refractivity contribution in [2.75, 3.05) is 32.1 Å². The molecule has 2 aromatic rings. The van der Waals surface area contributed by atoms with Crippen molar-refractivity contribution in [3.8, 4) is 0 Å². The Balaban J connectivity index is 1.60. The second-order valence-corrected chi connectivity index (χ2v) is 6.37. The number of hydrogen-bond acceptors (Lipinski definition) is 4. The van der Waals surface area contributed by atoms with Crippen LogP contribution in [0.4, 0.5) is 5.69 Å². The molecule has 25 heavy (non-hydrogen) atoms. The molecule has 6 nitrogen and oxygen atoms in total. The molecule has 0 radical (unpaired) electrons. The van der Waals surface area contributed by atoms with E-state index in [1.165, 1.54) is 0 Å². The first kappa shape index (κ1) is 17.0. The van der Waals surface area contributed by atoms with E-state index in [0.717, 1.165) is 12.1 Å². The van der Waals surface area contributed by atoms with Crippen LogP contribution in [-0.2, 0) is 0 Å². The topological polar surface area (TPSA) is 65.5 Å². The van der Waals surface area contributed by atoms with Gasteiger partial charge in [0.1, 0.15) is 5.69 Å². The van der Waals surface area contributed by atoms with Gasteiger partial charge in [-0.05, 0) is 36.8 Å². The molecule has 1 N–H and O–H groups in total. The number of amides is 2. The molecule has 1 fully saturated rings. The Hall–Kier alpha value is -2.89. The first-order chi connectivity index (χ1) is 12.0. The number of likely N-dealkylation sites (tertiary alicyclic amines) is 1. The van der Waals surface area contributed by atoms with Crippen molar-refractivity contribution in [1.82, 2.24) is 15.2 Å². The van der Waals surface area contributed by atoms with Gasteiger partial charge in [0.2, 0.25) is 0 Å². The highest BCUT2D eigenvalue weighted by molar-refractivity contribution is 5.95. The number of carbonyl (C=O) groups excluding carboxylic acids is 2.